The molecule has 0 bridgehead atoms. The van der Waals surface area contributed by atoms with Gasteiger partial charge >= 0.3 is 11.9 Å². The van der Waals surface area contributed by atoms with E-state index in [1.165, 1.54) is 0 Å². The topological polar surface area (TPSA) is 99.5 Å². The second-order valence-corrected chi connectivity index (χ2v) is 7.62. The highest BCUT2D eigenvalue weighted by Gasteiger charge is 2.19. The number of para-hydroxylation sites is 1. The predicted octanol–water partition coefficient (Wildman–Crippen LogP) is 4.70. The van der Waals surface area contributed by atoms with Gasteiger partial charge in [0.15, 0.2) is 5.69 Å². The van der Waals surface area contributed by atoms with Crippen LogP contribution in [0.3, 0.4) is 0 Å². The first kappa shape index (κ1) is 24.7. The van der Waals surface area contributed by atoms with Crippen molar-refractivity contribution in [2.45, 2.75) is 40.0 Å². The van der Waals surface area contributed by atoms with E-state index in [2.05, 4.69) is 10.4 Å². The molecule has 0 atom stereocenters. The van der Waals surface area contributed by atoms with E-state index in [9.17, 15) is 14.4 Å². The van der Waals surface area contributed by atoms with Crippen molar-refractivity contribution in [3.05, 3.63) is 65.9 Å². The summed E-state index contributed by atoms with van der Waals surface area (Å²) in [5.41, 5.74) is 4.10. The highest BCUT2D eigenvalue weighted by molar-refractivity contribution is 5.92. The zero-order valence-electron chi connectivity index (χ0n) is 19.7. The smallest absolute Gasteiger partial charge is 0.358 e. The molecule has 1 aromatic heterocycles. The standard InChI is InChI=1S/C26H29N3O5/c1-4-33-25(31)15-9-14-24(30)27-20-12-8-11-19(16-20)23-17-21(26(32)34-5-2)28-29(23)22-13-7-6-10-18(22)3/h6-8,10-13,16-17H,4-5,9,14-15H2,1-3H3,(H,27,30). The number of aryl methyl sites for hydroxylation is 1. The minimum absolute atomic E-state index is 0.193. The van der Waals surface area contributed by atoms with Crippen LogP contribution < -0.4 is 5.32 Å². The monoisotopic (exact) mass is 463 g/mol. The number of carbonyl (C=O) groups is 3. The normalized spacial score (nSPS) is 10.6. The maximum Gasteiger partial charge on any atom is 0.358 e. The number of hydrogen-bond donors (Lipinski definition) is 1. The number of esters is 2. The van der Waals surface area contributed by atoms with Gasteiger partial charge in [0.2, 0.25) is 5.91 Å². The second kappa shape index (κ2) is 11.8. The van der Waals surface area contributed by atoms with E-state index in [-0.39, 0.29) is 37.0 Å². The van der Waals surface area contributed by atoms with Crippen molar-refractivity contribution >= 4 is 23.5 Å². The summed E-state index contributed by atoms with van der Waals surface area (Å²) in [7, 11) is 0. The number of benzene rings is 2. The predicted molar refractivity (Wildman–Crippen MR) is 129 cm³/mol. The van der Waals surface area contributed by atoms with Gasteiger partial charge in [0.1, 0.15) is 0 Å². The Morgan fingerprint density at radius 1 is 0.941 bits per heavy atom. The van der Waals surface area contributed by atoms with Crippen LogP contribution in [0.25, 0.3) is 16.9 Å². The Balaban J connectivity index is 1.85. The lowest BCUT2D eigenvalue weighted by Gasteiger charge is -2.12. The van der Waals surface area contributed by atoms with Crippen LogP contribution in [0.1, 0.15) is 49.2 Å². The second-order valence-electron chi connectivity index (χ2n) is 7.62. The number of hydrogen-bond acceptors (Lipinski definition) is 6. The lowest BCUT2D eigenvalue weighted by molar-refractivity contribution is -0.143. The summed E-state index contributed by atoms with van der Waals surface area (Å²) in [6.45, 7) is 6.05. The van der Waals surface area contributed by atoms with Crippen molar-refractivity contribution in [2.75, 3.05) is 18.5 Å². The average Bonchev–Trinajstić information content (AvgIpc) is 3.25. The van der Waals surface area contributed by atoms with Gasteiger partial charge in [0.05, 0.1) is 24.6 Å². The van der Waals surface area contributed by atoms with Crippen molar-refractivity contribution in [3.63, 3.8) is 0 Å². The zero-order chi connectivity index (χ0) is 24.5. The number of nitrogens with one attached hydrogen (secondary N) is 1. The van der Waals surface area contributed by atoms with Crippen LogP contribution in [0, 0.1) is 6.92 Å². The molecule has 0 aliphatic carbocycles. The van der Waals surface area contributed by atoms with Crippen LogP contribution in [0.4, 0.5) is 5.69 Å². The first-order valence-electron chi connectivity index (χ1n) is 11.3. The minimum atomic E-state index is -0.498. The molecule has 0 aliphatic rings. The summed E-state index contributed by atoms with van der Waals surface area (Å²) in [6, 6.07) is 16.7. The van der Waals surface area contributed by atoms with E-state index >= 15 is 0 Å². The SMILES string of the molecule is CCOC(=O)CCCC(=O)Nc1cccc(-c2cc(C(=O)OCC)nn2-c2ccccc2C)c1. The molecule has 2 aromatic carbocycles. The van der Waals surface area contributed by atoms with Crippen molar-refractivity contribution in [3.8, 4) is 16.9 Å². The fourth-order valence-electron chi connectivity index (χ4n) is 3.48. The first-order chi connectivity index (χ1) is 16.4. The highest BCUT2D eigenvalue weighted by Crippen LogP contribution is 2.28. The summed E-state index contributed by atoms with van der Waals surface area (Å²) >= 11 is 0. The van der Waals surface area contributed by atoms with Crippen LogP contribution in [-0.2, 0) is 19.1 Å². The van der Waals surface area contributed by atoms with E-state index in [1.807, 2.05) is 49.4 Å². The molecule has 1 N–H and O–H groups in total. The summed E-state index contributed by atoms with van der Waals surface area (Å²) in [5, 5.41) is 7.38. The molecule has 3 rings (SSSR count). The number of carbonyl (C=O) groups excluding carboxylic acids is 3. The molecule has 3 aromatic rings. The lowest BCUT2D eigenvalue weighted by atomic mass is 10.1. The Bertz CT molecular complexity index is 1170. The number of aromatic nitrogens is 2. The molecule has 1 amide bonds. The molecular formula is C26H29N3O5. The van der Waals surface area contributed by atoms with Gasteiger partial charge in [-0.15, -0.1) is 0 Å². The highest BCUT2D eigenvalue weighted by atomic mass is 16.5. The van der Waals surface area contributed by atoms with Gasteiger partial charge in [-0.1, -0.05) is 30.3 Å². The van der Waals surface area contributed by atoms with Crippen LogP contribution in [0.5, 0.6) is 0 Å². The van der Waals surface area contributed by atoms with E-state index < -0.39 is 5.97 Å². The summed E-state index contributed by atoms with van der Waals surface area (Å²) in [6.07, 6.45) is 0.818. The maximum absolute atomic E-state index is 12.4. The van der Waals surface area contributed by atoms with E-state index in [4.69, 9.17) is 9.47 Å². The molecule has 0 fully saturated rings. The van der Waals surface area contributed by atoms with E-state index in [0.717, 1.165) is 16.8 Å². The Morgan fingerprint density at radius 2 is 1.71 bits per heavy atom. The minimum Gasteiger partial charge on any atom is -0.466 e. The molecule has 178 valence electrons. The Labute approximate surface area is 198 Å². The molecule has 34 heavy (non-hydrogen) atoms. The number of amides is 1. The largest absolute Gasteiger partial charge is 0.466 e. The Kier molecular flexibility index (Phi) is 8.56. The number of nitrogens with zero attached hydrogens (tertiary/aromatic N) is 2. The van der Waals surface area contributed by atoms with Crippen molar-refractivity contribution in [1.82, 2.24) is 9.78 Å². The molecule has 0 unspecified atom stereocenters. The Hall–Kier alpha value is -3.94. The molecule has 8 heteroatoms. The number of ether oxygens (including phenoxy) is 2. The summed E-state index contributed by atoms with van der Waals surface area (Å²) in [4.78, 5) is 36.2. The third kappa shape index (κ3) is 6.31. The average molecular weight is 464 g/mol. The van der Waals surface area contributed by atoms with Crippen molar-refractivity contribution in [2.24, 2.45) is 0 Å². The van der Waals surface area contributed by atoms with Crippen LogP contribution in [-0.4, -0.2) is 40.8 Å². The Morgan fingerprint density at radius 3 is 2.44 bits per heavy atom. The zero-order valence-corrected chi connectivity index (χ0v) is 19.7. The van der Waals surface area contributed by atoms with Gasteiger partial charge in [-0.25, -0.2) is 9.48 Å². The van der Waals surface area contributed by atoms with Crippen LogP contribution in [0.15, 0.2) is 54.6 Å². The van der Waals surface area contributed by atoms with Gasteiger partial charge in [0, 0.05) is 24.1 Å². The lowest BCUT2D eigenvalue weighted by Crippen LogP contribution is -2.12. The van der Waals surface area contributed by atoms with Gasteiger partial charge in [-0.3, -0.25) is 9.59 Å². The molecule has 0 saturated heterocycles. The molecular weight excluding hydrogens is 434 g/mol. The summed E-state index contributed by atoms with van der Waals surface area (Å²) < 4.78 is 11.7. The third-order valence-corrected chi connectivity index (χ3v) is 5.07. The fraction of sp³-hybridized carbons (Fsp3) is 0.308. The molecule has 0 aliphatic heterocycles. The summed E-state index contributed by atoms with van der Waals surface area (Å²) in [5.74, 6) is -0.998. The van der Waals surface area contributed by atoms with Gasteiger partial charge in [0.25, 0.3) is 0 Å². The van der Waals surface area contributed by atoms with E-state index in [1.54, 1.807) is 30.7 Å². The van der Waals surface area contributed by atoms with Crippen molar-refractivity contribution < 1.29 is 23.9 Å². The van der Waals surface area contributed by atoms with Gasteiger partial charge in [-0.05, 0) is 57.0 Å². The van der Waals surface area contributed by atoms with E-state index in [0.29, 0.717) is 24.4 Å². The van der Waals surface area contributed by atoms with Crippen molar-refractivity contribution in [1.29, 1.82) is 0 Å². The van der Waals surface area contributed by atoms with Crippen LogP contribution in [0.2, 0.25) is 0 Å². The number of rotatable bonds is 10. The van der Waals surface area contributed by atoms with Crippen LogP contribution >= 0.6 is 0 Å². The fourth-order valence-corrected chi connectivity index (χ4v) is 3.48. The molecule has 8 nitrogen and oxygen atoms in total. The molecule has 0 spiro atoms. The molecule has 0 radical (unpaired) electrons. The molecule has 0 saturated carbocycles. The van der Waals surface area contributed by atoms with Gasteiger partial charge < -0.3 is 14.8 Å². The third-order valence-electron chi connectivity index (χ3n) is 5.07. The maximum atomic E-state index is 12.4. The first-order valence-corrected chi connectivity index (χ1v) is 11.3. The number of anilines is 1. The quantitative estimate of drug-likeness (QED) is 0.438. The molecule has 1 heterocycles. The van der Waals surface area contributed by atoms with Gasteiger partial charge in [-0.2, -0.15) is 5.10 Å².